The highest BCUT2D eigenvalue weighted by molar-refractivity contribution is 6.26. The molecule has 0 aliphatic carbocycles. The molecule has 2 aromatic heterocycles. The van der Waals surface area contributed by atoms with Crippen LogP contribution >= 0.6 is 0 Å². The molecule has 4 nitrogen and oxygen atoms in total. The molecule has 188 valence electrons. The van der Waals surface area contributed by atoms with E-state index in [1.807, 2.05) is 0 Å². The van der Waals surface area contributed by atoms with E-state index < -0.39 is 0 Å². The first-order valence-electron chi connectivity index (χ1n) is 13.9. The maximum absolute atomic E-state index is 5.30. The Morgan fingerprint density at radius 2 is 1.43 bits per heavy atom. The van der Waals surface area contributed by atoms with E-state index in [1.54, 1.807) is 0 Å². The smallest absolute Gasteiger partial charge is 0.0641 e. The van der Waals surface area contributed by atoms with E-state index in [2.05, 4.69) is 136 Å². The molecule has 0 amide bonds. The van der Waals surface area contributed by atoms with E-state index in [0.29, 0.717) is 0 Å². The van der Waals surface area contributed by atoms with Crippen LogP contribution < -0.4 is 5.32 Å². The van der Waals surface area contributed by atoms with Gasteiger partial charge in [-0.2, -0.15) is 0 Å². The van der Waals surface area contributed by atoms with Crippen molar-refractivity contribution in [2.45, 2.75) is 12.2 Å². The van der Waals surface area contributed by atoms with Crippen molar-refractivity contribution in [1.82, 2.24) is 9.13 Å². The summed E-state index contributed by atoms with van der Waals surface area (Å²) in [4.78, 5) is 0. The highest BCUT2D eigenvalue weighted by Crippen LogP contribution is 2.56. The zero-order valence-electron chi connectivity index (χ0n) is 21.5. The maximum atomic E-state index is 5.30. The fourth-order valence-electron chi connectivity index (χ4n) is 7.39. The SMILES string of the molecule is c1ccc2c(c1)[N-]C1C(N2)c2cccc3c4c5c(ccc4n1c23)c1ccccc1n5-c1ccc2ccccc2c1. The molecule has 0 saturated heterocycles. The number of aromatic nitrogens is 2. The van der Waals surface area contributed by atoms with Crippen molar-refractivity contribution in [2.75, 3.05) is 5.32 Å². The molecule has 0 radical (unpaired) electrons. The first-order valence-corrected chi connectivity index (χ1v) is 13.9. The van der Waals surface area contributed by atoms with Crippen molar-refractivity contribution in [3.8, 4) is 5.69 Å². The molecule has 0 spiro atoms. The lowest BCUT2D eigenvalue weighted by molar-refractivity contribution is 0.566. The van der Waals surface area contributed by atoms with Gasteiger partial charge in [0.15, 0.2) is 0 Å². The van der Waals surface area contributed by atoms with Gasteiger partial charge in [0, 0.05) is 32.9 Å². The summed E-state index contributed by atoms with van der Waals surface area (Å²) < 4.78 is 4.95. The number of fused-ring (bicyclic) bond motifs is 12. The maximum Gasteiger partial charge on any atom is 0.0641 e. The Morgan fingerprint density at radius 1 is 0.600 bits per heavy atom. The van der Waals surface area contributed by atoms with Gasteiger partial charge >= 0.3 is 0 Å². The largest absolute Gasteiger partial charge is 0.661 e. The summed E-state index contributed by atoms with van der Waals surface area (Å²) in [5.41, 5.74) is 9.65. The number of hydrogen-bond acceptors (Lipinski definition) is 1. The molecule has 0 fully saturated rings. The van der Waals surface area contributed by atoms with E-state index in [9.17, 15) is 0 Å². The van der Waals surface area contributed by atoms with Crippen molar-refractivity contribution in [1.29, 1.82) is 0 Å². The Balaban J connectivity index is 1.35. The minimum atomic E-state index is -0.0248. The van der Waals surface area contributed by atoms with Crippen molar-refractivity contribution in [3.63, 3.8) is 0 Å². The molecule has 4 heterocycles. The van der Waals surface area contributed by atoms with Gasteiger partial charge in [-0.05, 0) is 52.8 Å². The second-order valence-corrected chi connectivity index (χ2v) is 11.0. The van der Waals surface area contributed by atoms with Crippen LogP contribution in [0.1, 0.15) is 17.8 Å². The highest BCUT2D eigenvalue weighted by atomic mass is 15.3. The molecule has 4 heteroatoms. The Bertz CT molecular complexity index is 2360. The number of para-hydroxylation sites is 4. The monoisotopic (exact) mass is 511 g/mol. The summed E-state index contributed by atoms with van der Waals surface area (Å²) in [7, 11) is 0. The molecule has 10 rings (SSSR count). The van der Waals surface area contributed by atoms with E-state index in [4.69, 9.17) is 5.32 Å². The first kappa shape index (κ1) is 20.7. The topological polar surface area (TPSA) is 36.0 Å². The summed E-state index contributed by atoms with van der Waals surface area (Å²) in [5.74, 6) is 0. The number of hydrogen-bond donors (Lipinski definition) is 1. The zero-order chi connectivity index (χ0) is 25.9. The van der Waals surface area contributed by atoms with E-state index in [1.165, 1.54) is 65.6 Å². The fraction of sp³-hybridized carbons (Fsp3) is 0.0556. The van der Waals surface area contributed by atoms with Gasteiger partial charge in [-0.3, -0.25) is 0 Å². The molecule has 40 heavy (non-hydrogen) atoms. The van der Waals surface area contributed by atoms with Crippen molar-refractivity contribution in [3.05, 3.63) is 132 Å². The number of benzene rings is 6. The number of nitrogens with zero attached hydrogens (tertiary/aromatic N) is 3. The molecule has 2 aliphatic heterocycles. The van der Waals surface area contributed by atoms with Crippen LogP contribution in [0.2, 0.25) is 0 Å². The van der Waals surface area contributed by atoms with Crippen LogP contribution in [-0.2, 0) is 0 Å². The third-order valence-electron chi connectivity index (χ3n) is 9.03. The second-order valence-electron chi connectivity index (χ2n) is 11.0. The number of anilines is 1. The molecule has 6 aromatic carbocycles. The Morgan fingerprint density at radius 3 is 2.40 bits per heavy atom. The van der Waals surface area contributed by atoms with Crippen molar-refractivity contribution >= 4 is 65.8 Å². The van der Waals surface area contributed by atoms with Crippen LogP contribution in [0, 0.1) is 0 Å². The van der Waals surface area contributed by atoms with Crippen LogP contribution in [-0.4, -0.2) is 9.13 Å². The van der Waals surface area contributed by atoms with E-state index in [0.717, 1.165) is 11.4 Å². The van der Waals surface area contributed by atoms with Gasteiger partial charge in [0.1, 0.15) is 0 Å². The van der Waals surface area contributed by atoms with Crippen molar-refractivity contribution in [2.24, 2.45) is 0 Å². The van der Waals surface area contributed by atoms with Gasteiger partial charge < -0.3 is 19.8 Å². The van der Waals surface area contributed by atoms with E-state index >= 15 is 0 Å². The predicted molar refractivity (Wildman–Crippen MR) is 166 cm³/mol. The van der Waals surface area contributed by atoms with Crippen LogP contribution in [0.5, 0.6) is 0 Å². The third-order valence-corrected chi connectivity index (χ3v) is 9.03. The van der Waals surface area contributed by atoms with Gasteiger partial charge in [-0.25, -0.2) is 0 Å². The zero-order valence-corrected chi connectivity index (χ0v) is 21.5. The van der Waals surface area contributed by atoms with Crippen LogP contribution in [0.4, 0.5) is 11.4 Å². The lowest BCUT2D eigenvalue weighted by Crippen LogP contribution is -2.21. The molecule has 1 N–H and O–H groups in total. The van der Waals surface area contributed by atoms with Gasteiger partial charge in [0.25, 0.3) is 0 Å². The Labute approximate surface area is 230 Å². The first-order chi connectivity index (χ1) is 19.8. The van der Waals surface area contributed by atoms with Gasteiger partial charge in [-0.15, -0.1) is 5.69 Å². The summed E-state index contributed by atoms with van der Waals surface area (Å²) in [6.07, 6.45) is -0.0248. The molecule has 2 aliphatic rings. The average molecular weight is 512 g/mol. The Kier molecular flexibility index (Phi) is 3.75. The quantitative estimate of drug-likeness (QED) is 0.234. The molecule has 2 atom stereocenters. The predicted octanol–water partition coefficient (Wildman–Crippen LogP) is 9.73. The summed E-state index contributed by atoms with van der Waals surface area (Å²) in [6.45, 7) is 0. The van der Waals surface area contributed by atoms with Crippen LogP contribution in [0.15, 0.2) is 121 Å². The van der Waals surface area contributed by atoms with Crippen LogP contribution in [0.25, 0.3) is 65.4 Å². The minimum Gasteiger partial charge on any atom is -0.661 e. The van der Waals surface area contributed by atoms with E-state index in [-0.39, 0.29) is 12.2 Å². The summed E-state index contributed by atoms with van der Waals surface area (Å²) >= 11 is 0. The fourth-order valence-corrected chi connectivity index (χ4v) is 7.39. The number of rotatable bonds is 1. The molecule has 2 unspecified atom stereocenters. The molecule has 0 bridgehead atoms. The van der Waals surface area contributed by atoms with Crippen molar-refractivity contribution < 1.29 is 0 Å². The standard InChI is InChI=1S/C36H23N4/c1-2-9-22-20-23(17-16-21(22)8-1)39-30-15-6-3-10-24(30)25-18-19-31-32(35(25)39)26-11-7-12-27-33-36(40(31)34(26)27)38-29-14-5-4-13-28(29)37-33/h1-20,33,36-37H/q-1. The van der Waals surface area contributed by atoms with Crippen LogP contribution in [0.3, 0.4) is 0 Å². The average Bonchev–Trinajstić information content (AvgIpc) is 3.64. The minimum absolute atomic E-state index is 0.0248. The molecule has 8 aromatic rings. The lowest BCUT2D eigenvalue weighted by atomic mass is 9.99. The summed E-state index contributed by atoms with van der Waals surface area (Å²) in [6, 6.07) is 44.2. The van der Waals surface area contributed by atoms with Gasteiger partial charge in [0.05, 0.1) is 28.1 Å². The summed E-state index contributed by atoms with van der Waals surface area (Å²) in [5, 5.41) is 16.8. The molecular formula is C36H23N4-. The normalized spacial score (nSPS) is 17.4. The van der Waals surface area contributed by atoms with Gasteiger partial charge in [0.2, 0.25) is 0 Å². The molecule has 0 saturated carbocycles. The Hall–Kier alpha value is -5.22. The lowest BCUT2D eigenvalue weighted by Gasteiger charge is -2.44. The second kappa shape index (κ2) is 7.25. The third kappa shape index (κ3) is 2.47. The molecular weight excluding hydrogens is 488 g/mol. The number of nitrogens with one attached hydrogen (secondary N) is 1. The highest BCUT2D eigenvalue weighted by Gasteiger charge is 2.34. The van der Waals surface area contributed by atoms with Gasteiger partial charge in [-0.1, -0.05) is 91.0 Å².